The van der Waals surface area contributed by atoms with Gasteiger partial charge in [-0.15, -0.1) is 12.6 Å². The summed E-state index contributed by atoms with van der Waals surface area (Å²) in [5, 5.41) is 0. The summed E-state index contributed by atoms with van der Waals surface area (Å²) in [7, 11) is 0. The van der Waals surface area contributed by atoms with Crippen LogP contribution in [0.25, 0.3) is 11.6 Å². The summed E-state index contributed by atoms with van der Waals surface area (Å²) in [6, 6.07) is 15.0. The number of aldehydes is 1. The van der Waals surface area contributed by atoms with Gasteiger partial charge in [-0.3, -0.25) is 4.79 Å². The van der Waals surface area contributed by atoms with Crippen LogP contribution < -0.4 is 5.73 Å². The van der Waals surface area contributed by atoms with E-state index < -0.39 is 6.17 Å². The molecule has 26 heavy (non-hydrogen) atoms. The number of rotatable bonds is 5. The molecule has 0 spiro atoms. The number of benzene rings is 2. The number of carbonyl (C=O) groups is 1. The zero-order valence-corrected chi connectivity index (χ0v) is 15.1. The van der Waals surface area contributed by atoms with Gasteiger partial charge in [0, 0.05) is 10.9 Å². The first-order valence-corrected chi connectivity index (χ1v) is 8.86. The highest BCUT2D eigenvalue weighted by atomic mass is 32.1. The molecule has 2 atom stereocenters. The van der Waals surface area contributed by atoms with E-state index in [1.54, 1.807) is 18.2 Å². The van der Waals surface area contributed by atoms with Crippen molar-refractivity contribution in [2.75, 3.05) is 0 Å². The molecule has 0 fully saturated rings. The van der Waals surface area contributed by atoms with Crippen LogP contribution in [0.4, 0.5) is 4.39 Å². The zero-order valence-electron chi connectivity index (χ0n) is 14.2. The van der Waals surface area contributed by atoms with Crippen LogP contribution in [0.3, 0.4) is 0 Å². The Morgan fingerprint density at radius 2 is 1.92 bits per heavy atom. The van der Waals surface area contributed by atoms with Crippen molar-refractivity contribution in [2.24, 2.45) is 5.73 Å². The lowest BCUT2D eigenvalue weighted by molar-refractivity contribution is -0.112. The van der Waals surface area contributed by atoms with Gasteiger partial charge in [-0.05, 0) is 46.4 Å². The number of thiol groups is 1. The molecule has 0 aromatic heterocycles. The highest BCUT2D eigenvalue weighted by Gasteiger charge is 2.13. The average molecular weight is 365 g/mol. The van der Waals surface area contributed by atoms with Crippen molar-refractivity contribution >= 4 is 30.6 Å². The lowest BCUT2D eigenvalue weighted by Gasteiger charge is -2.18. The first-order valence-electron chi connectivity index (χ1n) is 8.41. The predicted octanol–water partition coefficient (Wildman–Crippen LogP) is 4.94. The maximum atomic E-state index is 13.5. The molecular formula is C22H20FNOS. The van der Waals surface area contributed by atoms with Gasteiger partial charge in [0.2, 0.25) is 0 Å². The third kappa shape index (κ3) is 4.21. The summed E-state index contributed by atoms with van der Waals surface area (Å²) >= 11 is 4.40. The van der Waals surface area contributed by atoms with Crippen LogP contribution in [-0.4, -0.2) is 12.3 Å². The third-order valence-corrected chi connectivity index (χ3v) is 4.78. The smallest absolute Gasteiger partial charge is 0.180 e. The molecule has 2 aromatic carbocycles. The molecule has 2 unspecified atom stereocenters. The van der Waals surface area contributed by atoms with Crippen molar-refractivity contribution in [1.82, 2.24) is 0 Å². The fourth-order valence-corrected chi connectivity index (χ4v) is 3.17. The van der Waals surface area contributed by atoms with Crippen LogP contribution in [0.2, 0.25) is 0 Å². The number of carbonyl (C=O) groups excluding carboxylic acids is 1. The lowest BCUT2D eigenvalue weighted by atomic mass is 9.91. The molecule has 2 N–H and O–H groups in total. The second-order valence-corrected chi connectivity index (χ2v) is 6.68. The highest BCUT2D eigenvalue weighted by molar-refractivity contribution is 7.80. The van der Waals surface area contributed by atoms with Crippen molar-refractivity contribution in [3.63, 3.8) is 0 Å². The van der Waals surface area contributed by atoms with Crippen LogP contribution >= 0.6 is 12.6 Å². The fraction of sp³-hybridized carbons (Fsp3) is 0.136. The van der Waals surface area contributed by atoms with E-state index in [2.05, 4.69) is 36.9 Å². The average Bonchev–Trinajstić information content (AvgIpc) is 2.68. The Morgan fingerprint density at radius 1 is 1.15 bits per heavy atom. The van der Waals surface area contributed by atoms with E-state index in [9.17, 15) is 9.18 Å². The fourth-order valence-electron chi connectivity index (χ4n) is 2.88. The minimum absolute atomic E-state index is 0.0633. The van der Waals surface area contributed by atoms with Crippen molar-refractivity contribution in [2.45, 2.75) is 23.5 Å². The first kappa shape index (κ1) is 18.4. The van der Waals surface area contributed by atoms with Crippen LogP contribution in [0.1, 0.15) is 29.3 Å². The summed E-state index contributed by atoms with van der Waals surface area (Å²) in [6.07, 6.45) is 7.57. The number of hydrogen-bond donors (Lipinski definition) is 2. The maximum absolute atomic E-state index is 13.5. The standard InChI is InChI=1S/C22H20FNOS/c23-20(14-25)18-8-6-16(22(26)13-18)7-9-19-12-17(10-11-21(19)24)15-4-2-1-3-5-15/h1-10,12-14,20-21,26H,11,24H2/b9-7+. The Kier molecular flexibility index (Phi) is 5.86. The van der Waals surface area contributed by atoms with Crippen LogP contribution in [-0.2, 0) is 4.79 Å². The molecule has 4 heteroatoms. The Morgan fingerprint density at radius 3 is 2.62 bits per heavy atom. The maximum Gasteiger partial charge on any atom is 0.180 e. The monoisotopic (exact) mass is 365 g/mol. The number of allylic oxidation sites excluding steroid dienone is 2. The minimum Gasteiger partial charge on any atom is -0.324 e. The van der Waals surface area contributed by atoms with Gasteiger partial charge in [-0.2, -0.15) is 0 Å². The van der Waals surface area contributed by atoms with Crippen LogP contribution in [0.15, 0.2) is 77.2 Å². The number of nitrogens with two attached hydrogens (primary N) is 1. The molecular weight excluding hydrogens is 345 g/mol. The van der Waals surface area contributed by atoms with Gasteiger partial charge < -0.3 is 5.73 Å². The van der Waals surface area contributed by atoms with Gasteiger partial charge in [0.1, 0.15) is 0 Å². The molecule has 0 bridgehead atoms. The summed E-state index contributed by atoms with van der Waals surface area (Å²) in [5.41, 5.74) is 10.7. The lowest BCUT2D eigenvalue weighted by Crippen LogP contribution is -2.23. The van der Waals surface area contributed by atoms with E-state index in [-0.39, 0.29) is 12.3 Å². The normalized spacial score (nSPS) is 18.3. The zero-order chi connectivity index (χ0) is 18.5. The molecule has 1 aliphatic carbocycles. The van der Waals surface area contributed by atoms with E-state index in [0.29, 0.717) is 10.5 Å². The topological polar surface area (TPSA) is 43.1 Å². The molecule has 0 radical (unpaired) electrons. The molecule has 0 saturated carbocycles. The Bertz CT molecular complexity index is 886. The van der Waals surface area contributed by atoms with Gasteiger partial charge >= 0.3 is 0 Å². The first-order chi connectivity index (χ1) is 12.6. The molecule has 2 aromatic rings. The van der Waals surface area contributed by atoms with Gasteiger partial charge in [0.15, 0.2) is 12.5 Å². The van der Waals surface area contributed by atoms with E-state index in [0.717, 1.165) is 28.7 Å². The molecule has 0 saturated heterocycles. The van der Waals surface area contributed by atoms with Crippen LogP contribution in [0.5, 0.6) is 0 Å². The van der Waals surface area contributed by atoms with Crippen molar-refractivity contribution < 1.29 is 9.18 Å². The van der Waals surface area contributed by atoms with Gasteiger partial charge in [0.25, 0.3) is 0 Å². The largest absolute Gasteiger partial charge is 0.324 e. The Balaban J connectivity index is 1.84. The van der Waals surface area contributed by atoms with Crippen LogP contribution in [0, 0.1) is 0 Å². The van der Waals surface area contributed by atoms with Gasteiger partial charge in [0.05, 0.1) is 0 Å². The SMILES string of the molecule is NC1CC=C(c2ccccc2)C=C1/C=C/c1ccc(C(F)C=O)cc1S. The Labute approximate surface area is 158 Å². The molecule has 0 heterocycles. The second kappa shape index (κ2) is 8.30. The van der Waals surface area contributed by atoms with E-state index in [1.165, 1.54) is 0 Å². The third-order valence-electron chi connectivity index (χ3n) is 4.40. The van der Waals surface area contributed by atoms with E-state index in [4.69, 9.17) is 5.73 Å². The van der Waals surface area contributed by atoms with Crippen molar-refractivity contribution in [1.29, 1.82) is 0 Å². The number of alkyl halides is 1. The summed E-state index contributed by atoms with van der Waals surface area (Å²) in [4.78, 5) is 11.2. The van der Waals surface area contributed by atoms with Gasteiger partial charge in [-0.25, -0.2) is 4.39 Å². The second-order valence-electron chi connectivity index (χ2n) is 6.20. The van der Waals surface area contributed by atoms with E-state index >= 15 is 0 Å². The number of hydrogen-bond acceptors (Lipinski definition) is 3. The molecule has 132 valence electrons. The van der Waals surface area contributed by atoms with E-state index in [1.807, 2.05) is 30.4 Å². The van der Waals surface area contributed by atoms with Crippen molar-refractivity contribution in [3.8, 4) is 0 Å². The molecule has 2 nitrogen and oxygen atoms in total. The summed E-state index contributed by atoms with van der Waals surface area (Å²) in [6.45, 7) is 0. The molecule has 0 amide bonds. The van der Waals surface area contributed by atoms with Crippen molar-refractivity contribution in [3.05, 3.63) is 89.0 Å². The Hall–Kier alpha value is -2.43. The number of halogens is 1. The molecule has 0 aliphatic heterocycles. The predicted molar refractivity (Wildman–Crippen MR) is 108 cm³/mol. The van der Waals surface area contributed by atoms with Gasteiger partial charge in [-0.1, -0.05) is 60.7 Å². The summed E-state index contributed by atoms with van der Waals surface area (Å²) in [5.74, 6) is 0. The quantitative estimate of drug-likeness (QED) is 0.582. The molecule has 3 rings (SSSR count). The highest BCUT2D eigenvalue weighted by Crippen LogP contribution is 2.27. The summed E-state index contributed by atoms with van der Waals surface area (Å²) < 4.78 is 13.5. The molecule has 1 aliphatic rings. The minimum atomic E-state index is -1.62.